The predicted octanol–water partition coefficient (Wildman–Crippen LogP) is 10.4. The first-order valence-corrected chi connectivity index (χ1v) is 18.9. The Labute approximate surface area is 304 Å². The number of carbonyl (C=O) groups excluding carboxylic acids is 1. The first-order valence-electron chi connectivity index (χ1n) is 18.9. The number of aromatic hydroxyl groups is 2. The third-order valence-corrected chi connectivity index (χ3v) is 11.8. The lowest BCUT2D eigenvalue weighted by molar-refractivity contribution is -0.186. The van der Waals surface area contributed by atoms with Crippen LogP contribution >= 0.6 is 0 Å². The number of phenols is 2. The smallest absolute Gasteiger partial charge is 0.249 e. The average Bonchev–Trinajstić information content (AvgIpc) is 3.00. The van der Waals surface area contributed by atoms with E-state index in [1.54, 1.807) is 30.2 Å². The Bertz CT molecular complexity index is 1410. The first-order chi connectivity index (χ1) is 23.0. The molecule has 2 atom stereocenters. The number of nitrogens with zero attached hydrogens (tertiary/aromatic N) is 1. The molecule has 50 heavy (non-hydrogen) atoms. The molecule has 2 unspecified atom stereocenters. The zero-order chi connectivity index (χ0) is 36.0. The van der Waals surface area contributed by atoms with Crippen molar-refractivity contribution in [3.63, 3.8) is 0 Å². The Kier molecular flexibility index (Phi) is 14.4. The van der Waals surface area contributed by atoms with Gasteiger partial charge in [-0.25, -0.2) is 0 Å². The number of hydrogen-bond acceptors (Lipinski definition) is 6. The van der Waals surface area contributed by atoms with Crippen LogP contribution in [0.25, 0.3) is 5.57 Å². The predicted molar refractivity (Wildman–Crippen MR) is 207 cm³/mol. The number of amides is 1. The molecule has 2 saturated heterocycles. The summed E-state index contributed by atoms with van der Waals surface area (Å²) in [5, 5.41) is 23.2. The lowest BCUT2D eigenvalue weighted by atomic mass is 9.71. The summed E-state index contributed by atoms with van der Waals surface area (Å²) in [5.74, 6) is -0.158. The quantitative estimate of drug-likeness (QED) is 0.185. The van der Waals surface area contributed by atoms with Crippen LogP contribution in [-0.4, -0.2) is 58.8 Å². The number of nitrogens with one attached hydrogen (secondary N) is 1. The van der Waals surface area contributed by atoms with E-state index in [-0.39, 0.29) is 36.0 Å². The Morgan fingerprint density at radius 3 is 1.98 bits per heavy atom. The van der Waals surface area contributed by atoms with Crippen LogP contribution in [0.15, 0.2) is 46.6 Å². The van der Waals surface area contributed by atoms with Gasteiger partial charge in [0.25, 0.3) is 0 Å². The summed E-state index contributed by atoms with van der Waals surface area (Å²) >= 11 is 0. The van der Waals surface area contributed by atoms with Gasteiger partial charge < -0.3 is 24.6 Å². The molecule has 0 aromatic heterocycles. The molecule has 5 rings (SSSR count). The van der Waals surface area contributed by atoms with E-state index in [4.69, 9.17) is 9.47 Å². The average molecular weight is 695 g/mol. The van der Waals surface area contributed by atoms with Crippen LogP contribution in [0, 0.1) is 10.8 Å². The fraction of sp³-hybridized carbons (Fsp3) is 0.698. The lowest BCUT2D eigenvalue weighted by Crippen LogP contribution is -2.55. The van der Waals surface area contributed by atoms with Crippen molar-refractivity contribution in [3.8, 4) is 11.5 Å². The van der Waals surface area contributed by atoms with Gasteiger partial charge in [0.05, 0.1) is 13.2 Å². The number of carbonyl (C=O) groups is 1. The molecule has 0 radical (unpaired) electrons. The Morgan fingerprint density at radius 2 is 1.44 bits per heavy atom. The number of allylic oxidation sites excluding steroid dienone is 5. The molecule has 3 N–H and O–H groups in total. The summed E-state index contributed by atoms with van der Waals surface area (Å²) in [6.07, 6.45) is 15.1. The maximum atomic E-state index is 13.2. The molecule has 0 saturated carbocycles. The summed E-state index contributed by atoms with van der Waals surface area (Å²) in [6, 6.07) is 4.41. The molecule has 282 valence electrons. The molecule has 0 spiro atoms. The minimum atomic E-state index is -0.649. The number of benzene rings is 1. The summed E-state index contributed by atoms with van der Waals surface area (Å²) in [4.78, 5) is 15.1. The first kappa shape index (κ1) is 41.8. The van der Waals surface area contributed by atoms with Crippen molar-refractivity contribution in [1.29, 1.82) is 0 Å². The van der Waals surface area contributed by atoms with E-state index in [1.807, 2.05) is 11.8 Å². The van der Waals surface area contributed by atoms with E-state index >= 15 is 0 Å². The summed E-state index contributed by atoms with van der Waals surface area (Å²) in [6.45, 7) is 23.4. The SMILES string of the molecule is C.CC1=C(CCC2(C)NCCCO2)C(C)(C)CCC1.CC1=C(CCC2(C)OCCCN2C(=O)/C=C(\C)c2ccc(O)cc2O)C(C)(C)CCC1. The molecule has 7 nitrogen and oxygen atoms in total. The molecule has 1 aromatic carbocycles. The van der Waals surface area contributed by atoms with Crippen molar-refractivity contribution in [1.82, 2.24) is 10.2 Å². The van der Waals surface area contributed by atoms with Gasteiger partial charge in [-0.1, -0.05) is 57.4 Å². The van der Waals surface area contributed by atoms with Crippen LogP contribution in [-0.2, 0) is 14.3 Å². The van der Waals surface area contributed by atoms with Gasteiger partial charge in [0.15, 0.2) is 0 Å². The molecule has 2 heterocycles. The molecule has 1 aromatic rings. The van der Waals surface area contributed by atoms with Gasteiger partial charge in [-0.2, -0.15) is 0 Å². The van der Waals surface area contributed by atoms with Crippen molar-refractivity contribution in [2.45, 2.75) is 158 Å². The highest BCUT2D eigenvalue weighted by molar-refractivity contribution is 5.96. The monoisotopic (exact) mass is 695 g/mol. The van der Waals surface area contributed by atoms with Gasteiger partial charge in [0.1, 0.15) is 22.9 Å². The second-order valence-corrected chi connectivity index (χ2v) is 16.7. The number of rotatable bonds is 8. The molecule has 2 aliphatic heterocycles. The number of phenolic OH excluding ortho intramolecular Hbond substituents is 2. The van der Waals surface area contributed by atoms with Crippen LogP contribution in [0.3, 0.4) is 0 Å². The zero-order valence-corrected chi connectivity index (χ0v) is 32.2. The van der Waals surface area contributed by atoms with Gasteiger partial charge in [-0.15, -0.1) is 0 Å². The van der Waals surface area contributed by atoms with E-state index in [0.717, 1.165) is 51.7 Å². The highest BCUT2D eigenvalue weighted by Gasteiger charge is 2.40. The highest BCUT2D eigenvalue weighted by atomic mass is 16.5. The highest BCUT2D eigenvalue weighted by Crippen LogP contribution is 2.45. The Morgan fingerprint density at radius 1 is 0.860 bits per heavy atom. The van der Waals surface area contributed by atoms with E-state index in [1.165, 1.54) is 61.8 Å². The minimum absolute atomic E-state index is 0. The third kappa shape index (κ3) is 10.5. The van der Waals surface area contributed by atoms with Gasteiger partial charge in [-0.3, -0.25) is 10.1 Å². The maximum absolute atomic E-state index is 13.2. The normalized spacial score (nSPS) is 26.9. The molecular weight excluding hydrogens is 624 g/mol. The van der Waals surface area contributed by atoms with Crippen molar-refractivity contribution < 1.29 is 24.5 Å². The van der Waals surface area contributed by atoms with E-state index in [2.05, 4.69) is 53.8 Å². The zero-order valence-electron chi connectivity index (χ0n) is 32.2. The Balaban J connectivity index is 0.000000303. The summed E-state index contributed by atoms with van der Waals surface area (Å²) in [5.41, 5.74) is 7.37. The van der Waals surface area contributed by atoms with Gasteiger partial charge >= 0.3 is 0 Å². The lowest BCUT2D eigenvalue weighted by Gasteiger charge is -2.45. The molecule has 4 aliphatic rings. The van der Waals surface area contributed by atoms with Crippen molar-refractivity contribution in [3.05, 3.63) is 52.1 Å². The summed E-state index contributed by atoms with van der Waals surface area (Å²) < 4.78 is 12.1. The van der Waals surface area contributed by atoms with Crippen molar-refractivity contribution in [2.75, 3.05) is 26.3 Å². The van der Waals surface area contributed by atoms with Crippen LogP contribution in [0.5, 0.6) is 11.5 Å². The largest absolute Gasteiger partial charge is 0.508 e. The third-order valence-electron chi connectivity index (χ3n) is 11.8. The second-order valence-electron chi connectivity index (χ2n) is 16.7. The van der Waals surface area contributed by atoms with Crippen LogP contribution in [0.4, 0.5) is 0 Å². The van der Waals surface area contributed by atoms with E-state index in [0.29, 0.717) is 29.7 Å². The number of ether oxygens (including phenoxy) is 2. The van der Waals surface area contributed by atoms with Gasteiger partial charge in [0.2, 0.25) is 5.91 Å². The van der Waals surface area contributed by atoms with Gasteiger partial charge in [0, 0.05) is 24.3 Å². The fourth-order valence-electron chi connectivity index (χ4n) is 8.68. The number of hydrogen-bond donors (Lipinski definition) is 3. The molecule has 2 aliphatic carbocycles. The summed E-state index contributed by atoms with van der Waals surface area (Å²) in [7, 11) is 0. The standard InChI is InChI=1S/C26H37NO4.C16H29NO.CH4/c1-18-8-6-12-25(3,4)22(18)11-13-26(5)27(14-7-15-31-26)24(30)16-19(2)21-10-9-20(28)17-23(21)29;1-13-7-5-9-15(2,3)14(13)8-10-16(4)17-11-6-12-18-16;/h9-10,16-17,28-29H,6-8,11-15H2,1-5H3;17H,5-12H2,1-4H3;1H4/b19-16+;;. The minimum Gasteiger partial charge on any atom is -0.508 e. The van der Waals surface area contributed by atoms with Crippen LogP contribution < -0.4 is 5.32 Å². The maximum Gasteiger partial charge on any atom is 0.249 e. The van der Waals surface area contributed by atoms with Crippen LogP contribution in [0.1, 0.15) is 152 Å². The molecule has 2 fully saturated rings. The second kappa shape index (κ2) is 17.3. The van der Waals surface area contributed by atoms with Gasteiger partial charge in [-0.05, 0) is 147 Å². The topological polar surface area (TPSA) is 91.3 Å². The molecular formula is C43H70N2O5. The van der Waals surface area contributed by atoms with Crippen LogP contribution in [0.2, 0.25) is 0 Å². The molecule has 1 amide bonds. The molecule has 7 heteroatoms. The van der Waals surface area contributed by atoms with Crippen molar-refractivity contribution >= 4 is 11.5 Å². The van der Waals surface area contributed by atoms with E-state index in [9.17, 15) is 15.0 Å². The fourth-order valence-corrected chi connectivity index (χ4v) is 8.68. The molecule has 0 bridgehead atoms. The Hall–Kier alpha value is -2.61. The van der Waals surface area contributed by atoms with E-state index < -0.39 is 5.72 Å². The van der Waals surface area contributed by atoms with Crippen molar-refractivity contribution in [2.24, 2.45) is 10.8 Å².